The Bertz CT molecular complexity index is 691. The Morgan fingerprint density at radius 3 is 2.56 bits per heavy atom. The summed E-state index contributed by atoms with van der Waals surface area (Å²) in [6, 6.07) is 0. The van der Waals surface area contributed by atoms with E-state index in [1.54, 1.807) is 6.08 Å². The van der Waals surface area contributed by atoms with Gasteiger partial charge in [-0.3, -0.25) is 4.99 Å². The third kappa shape index (κ3) is 3.83. The van der Waals surface area contributed by atoms with Crippen molar-refractivity contribution >= 4 is 11.6 Å². The van der Waals surface area contributed by atoms with Crippen LogP contribution in [0.3, 0.4) is 0 Å². The predicted octanol–water partition coefficient (Wildman–Crippen LogP) is 3.39. The molecule has 2 rings (SSSR count). The van der Waals surface area contributed by atoms with E-state index < -0.39 is 43.7 Å². The van der Waals surface area contributed by atoms with Gasteiger partial charge < -0.3 is 9.64 Å². The van der Waals surface area contributed by atoms with Gasteiger partial charge in [-0.15, -0.1) is 0 Å². The quantitative estimate of drug-likeness (QED) is 0.669. The van der Waals surface area contributed by atoms with E-state index in [4.69, 9.17) is 4.11 Å². The molecule has 2 aliphatic heterocycles. The monoisotopic (exact) mass is 374 g/mol. The van der Waals surface area contributed by atoms with Crippen LogP contribution in [0.2, 0.25) is 0 Å². The normalized spacial score (nSPS) is 22.5. The number of ether oxygens (including phenoxy) is 1. The number of hydrogen-bond acceptors (Lipinski definition) is 4. The largest absolute Gasteiger partial charge is 0.470 e. The molecule has 0 amide bonds. The summed E-state index contributed by atoms with van der Waals surface area (Å²) in [6.07, 6.45) is 0.474. The molecule has 0 spiro atoms. The van der Waals surface area contributed by atoms with Gasteiger partial charge >= 0.3 is 17.8 Å². The maximum atomic E-state index is 13.8. The van der Waals surface area contributed by atoms with Crippen LogP contribution in [-0.4, -0.2) is 67.6 Å². The number of likely N-dealkylation sites (N-methyl/N-ethyl adjacent to an activating group) is 1. The number of alkyl halides is 6. The van der Waals surface area contributed by atoms with Crippen LogP contribution in [0.1, 0.15) is 23.9 Å². The van der Waals surface area contributed by atoms with Gasteiger partial charge in [0.2, 0.25) is 5.90 Å². The van der Waals surface area contributed by atoms with Gasteiger partial charge in [0.1, 0.15) is 12.4 Å². The van der Waals surface area contributed by atoms with E-state index in [0.717, 1.165) is 4.90 Å². The minimum Gasteiger partial charge on any atom is -0.470 e. The third-order valence-electron chi connectivity index (χ3n) is 3.85. The minimum atomic E-state index is -5.62. The van der Waals surface area contributed by atoms with Gasteiger partial charge in [0.15, 0.2) is 6.61 Å². The summed E-state index contributed by atoms with van der Waals surface area (Å²) in [4.78, 5) is 8.73. The number of hydrogen-bond donors (Lipinski definition) is 0. The Labute approximate surface area is 145 Å². The Hall–Kier alpha value is -1.58. The van der Waals surface area contributed by atoms with E-state index in [1.165, 1.54) is 0 Å². The van der Waals surface area contributed by atoms with Crippen molar-refractivity contribution < 1.29 is 35.2 Å². The first-order valence-electron chi connectivity index (χ1n) is 9.03. The fraction of sp³-hybridized carbons (Fsp3) is 0.733. The SMILES string of the molecule is [2H]C([2H])([2H])N1CCC=C(C2=NCN=C2OCC(F)(F)C(F)(F)C(F)(F)CC)C1. The molecular formula is C15H19F6N3O. The first kappa shape index (κ1) is 15.7. The second-order valence-electron chi connectivity index (χ2n) is 5.68. The van der Waals surface area contributed by atoms with Crippen molar-refractivity contribution in [1.29, 1.82) is 0 Å². The smallest absolute Gasteiger partial charge is 0.375 e. The van der Waals surface area contributed by atoms with Crippen molar-refractivity contribution in [2.75, 3.05) is 33.3 Å². The lowest BCUT2D eigenvalue weighted by Gasteiger charge is -2.32. The van der Waals surface area contributed by atoms with Gasteiger partial charge in [-0.25, -0.2) is 4.99 Å². The Kier molecular flexibility index (Phi) is 4.36. The summed E-state index contributed by atoms with van der Waals surface area (Å²) in [5.41, 5.74) is 0.280. The van der Waals surface area contributed by atoms with Gasteiger partial charge in [-0.2, -0.15) is 26.3 Å². The zero-order valence-corrected chi connectivity index (χ0v) is 13.3. The topological polar surface area (TPSA) is 37.2 Å². The molecule has 2 heterocycles. The minimum absolute atomic E-state index is 0.0460. The summed E-state index contributed by atoms with van der Waals surface area (Å²) >= 11 is 0. The standard InChI is InChI=1S/C15H19F6N3O/c1-3-13(16,17)15(20,21)14(18,19)8-25-12-11(22-9-23-12)10-5-4-6-24(2)7-10/h5H,3-4,6-9H2,1-2H3/i2D3. The van der Waals surface area contributed by atoms with E-state index in [0.29, 0.717) is 18.9 Å². The lowest BCUT2D eigenvalue weighted by Crippen LogP contribution is -2.56. The lowest BCUT2D eigenvalue weighted by atomic mass is 10.0. The van der Waals surface area contributed by atoms with Crippen LogP contribution in [0.15, 0.2) is 21.6 Å². The second-order valence-corrected chi connectivity index (χ2v) is 5.68. The van der Waals surface area contributed by atoms with E-state index in [9.17, 15) is 26.3 Å². The lowest BCUT2D eigenvalue weighted by molar-refractivity contribution is -0.315. The Balaban J connectivity index is 2.09. The molecule has 0 saturated heterocycles. The summed E-state index contributed by atoms with van der Waals surface area (Å²) in [5.74, 6) is -16.2. The Morgan fingerprint density at radius 2 is 1.92 bits per heavy atom. The maximum Gasteiger partial charge on any atom is 0.375 e. The van der Waals surface area contributed by atoms with Crippen molar-refractivity contribution in [3.05, 3.63) is 11.6 Å². The molecule has 0 N–H and O–H groups in total. The zero-order valence-electron chi connectivity index (χ0n) is 16.3. The zero-order chi connectivity index (χ0) is 21.4. The molecule has 10 heteroatoms. The van der Waals surface area contributed by atoms with E-state index in [1.807, 2.05) is 0 Å². The van der Waals surface area contributed by atoms with E-state index in [2.05, 4.69) is 14.7 Å². The molecule has 25 heavy (non-hydrogen) atoms. The second kappa shape index (κ2) is 6.97. The highest BCUT2D eigenvalue weighted by Gasteiger charge is 2.71. The molecule has 0 bridgehead atoms. The van der Waals surface area contributed by atoms with Crippen molar-refractivity contribution in [2.24, 2.45) is 9.98 Å². The molecular weight excluding hydrogens is 352 g/mol. The fourth-order valence-corrected chi connectivity index (χ4v) is 2.32. The van der Waals surface area contributed by atoms with Gasteiger partial charge in [-0.05, 0) is 19.0 Å². The molecule has 0 radical (unpaired) electrons. The van der Waals surface area contributed by atoms with Gasteiger partial charge in [0.05, 0.1) is 0 Å². The average molecular weight is 374 g/mol. The highest BCUT2D eigenvalue weighted by Crippen LogP contribution is 2.47. The van der Waals surface area contributed by atoms with Crippen LogP contribution in [0.4, 0.5) is 26.3 Å². The van der Waals surface area contributed by atoms with Crippen molar-refractivity contribution in [2.45, 2.75) is 37.5 Å². The van der Waals surface area contributed by atoms with E-state index >= 15 is 0 Å². The Morgan fingerprint density at radius 1 is 1.20 bits per heavy atom. The first-order chi connectivity index (χ1) is 12.7. The van der Waals surface area contributed by atoms with E-state index in [-0.39, 0.29) is 25.5 Å². The summed E-state index contributed by atoms with van der Waals surface area (Å²) < 4.78 is 108. The molecule has 0 aromatic rings. The van der Waals surface area contributed by atoms with Crippen LogP contribution in [-0.2, 0) is 4.74 Å². The van der Waals surface area contributed by atoms with Crippen LogP contribution < -0.4 is 0 Å². The van der Waals surface area contributed by atoms with Gasteiger partial charge in [0, 0.05) is 23.6 Å². The average Bonchev–Trinajstić information content (AvgIpc) is 3.07. The number of aliphatic imine (C=N–C) groups is 2. The summed E-state index contributed by atoms with van der Waals surface area (Å²) in [7, 11) is 0. The first-order valence-corrected chi connectivity index (χ1v) is 7.53. The molecule has 0 aromatic carbocycles. The molecule has 142 valence electrons. The molecule has 0 saturated carbocycles. The van der Waals surface area contributed by atoms with Crippen LogP contribution >= 0.6 is 0 Å². The highest BCUT2D eigenvalue weighted by atomic mass is 19.3. The number of nitrogens with zero attached hydrogens (tertiary/aromatic N) is 3. The molecule has 0 unspecified atom stereocenters. The molecule has 0 fully saturated rings. The van der Waals surface area contributed by atoms with Gasteiger partial charge in [0.25, 0.3) is 0 Å². The summed E-state index contributed by atoms with van der Waals surface area (Å²) in [6.45, 7) is -3.84. The predicted molar refractivity (Wildman–Crippen MR) is 81.0 cm³/mol. The number of halogens is 6. The van der Waals surface area contributed by atoms with Crippen LogP contribution in [0.5, 0.6) is 0 Å². The van der Waals surface area contributed by atoms with Crippen molar-refractivity contribution in [3.63, 3.8) is 0 Å². The molecule has 0 atom stereocenters. The fourth-order valence-electron chi connectivity index (χ4n) is 2.32. The van der Waals surface area contributed by atoms with Crippen molar-refractivity contribution in [3.8, 4) is 0 Å². The molecule has 2 aliphatic rings. The summed E-state index contributed by atoms with van der Waals surface area (Å²) in [5, 5.41) is 0. The van der Waals surface area contributed by atoms with Crippen LogP contribution in [0.25, 0.3) is 0 Å². The molecule has 4 nitrogen and oxygen atoms in total. The molecule has 0 aromatic heterocycles. The number of rotatable bonds is 6. The van der Waals surface area contributed by atoms with Gasteiger partial charge in [-0.1, -0.05) is 13.0 Å². The third-order valence-corrected chi connectivity index (χ3v) is 3.85. The van der Waals surface area contributed by atoms with Crippen LogP contribution in [0, 0.1) is 0 Å². The molecule has 0 aliphatic carbocycles. The van der Waals surface area contributed by atoms with Crippen molar-refractivity contribution in [1.82, 2.24) is 4.90 Å². The maximum absolute atomic E-state index is 13.8. The highest BCUT2D eigenvalue weighted by molar-refractivity contribution is 6.46.